The standard InChI is InChI=1S/C15H12N4O2S/c1-9-6-10(2-3-11(9)14(20)21)12-8-22-15(18-12)19-13-7-16-4-5-17-13/h2-8H,1H3,(H,20,21)(H,17,18,19). The van der Waals surface area contributed by atoms with E-state index in [1.807, 2.05) is 11.4 Å². The Bertz CT molecular complexity index is 817. The minimum absolute atomic E-state index is 0.303. The Balaban J connectivity index is 1.85. The zero-order valence-electron chi connectivity index (χ0n) is 11.6. The molecule has 3 rings (SSSR count). The Kier molecular flexibility index (Phi) is 3.80. The van der Waals surface area contributed by atoms with Crippen molar-refractivity contribution in [1.29, 1.82) is 0 Å². The highest BCUT2D eigenvalue weighted by molar-refractivity contribution is 7.14. The number of hydrogen-bond acceptors (Lipinski definition) is 6. The Morgan fingerprint density at radius 2 is 2.18 bits per heavy atom. The van der Waals surface area contributed by atoms with E-state index in [4.69, 9.17) is 5.11 Å². The van der Waals surface area contributed by atoms with Crippen molar-refractivity contribution in [3.8, 4) is 11.3 Å². The Hall–Kier alpha value is -2.80. The highest BCUT2D eigenvalue weighted by Gasteiger charge is 2.10. The van der Waals surface area contributed by atoms with Crippen molar-refractivity contribution < 1.29 is 9.90 Å². The first-order valence-electron chi connectivity index (χ1n) is 6.46. The van der Waals surface area contributed by atoms with Crippen molar-refractivity contribution in [3.05, 3.63) is 53.3 Å². The summed E-state index contributed by atoms with van der Waals surface area (Å²) in [6, 6.07) is 5.18. The first kappa shape index (κ1) is 14.2. The molecule has 0 radical (unpaired) electrons. The SMILES string of the molecule is Cc1cc(-c2csc(Nc3cnccn3)n2)ccc1C(=O)O. The summed E-state index contributed by atoms with van der Waals surface area (Å²) >= 11 is 1.45. The number of thiazole rings is 1. The fraction of sp³-hybridized carbons (Fsp3) is 0.0667. The number of aromatic carboxylic acids is 1. The minimum Gasteiger partial charge on any atom is -0.478 e. The number of anilines is 2. The molecule has 2 N–H and O–H groups in total. The van der Waals surface area contributed by atoms with Gasteiger partial charge < -0.3 is 10.4 Å². The van der Waals surface area contributed by atoms with Crippen LogP contribution in [0.25, 0.3) is 11.3 Å². The Labute approximate surface area is 130 Å². The molecule has 0 spiro atoms. The second kappa shape index (κ2) is 5.90. The number of nitrogens with one attached hydrogen (secondary N) is 1. The fourth-order valence-corrected chi connectivity index (χ4v) is 2.73. The first-order valence-corrected chi connectivity index (χ1v) is 7.34. The molecular formula is C15H12N4O2S. The van der Waals surface area contributed by atoms with Gasteiger partial charge in [-0.05, 0) is 24.6 Å². The van der Waals surface area contributed by atoms with E-state index in [-0.39, 0.29) is 0 Å². The van der Waals surface area contributed by atoms with Gasteiger partial charge in [0.05, 0.1) is 17.5 Å². The second-order valence-corrected chi connectivity index (χ2v) is 5.45. The third-order valence-electron chi connectivity index (χ3n) is 3.05. The summed E-state index contributed by atoms with van der Waals surface area (Å²) < 4.78 is 0. The number of carbonyl (C=O) groups is 1. The minimum atomic E-state index is -0.924. The number of aromatic nitrogens is 3. The van der Waals surface area contributed by atoms with Crippen LogP contribution in [0, 0.1) is 6.92 Å². The lowest BCUT2D eigenvalue weighted by Gasteiger charge is -2.03. The van der Waals surface area contributed by atoms with E-state index in [1.54, 1.807) is 37.6 Å². The van der Waals surface area contributed by atoms with Gasteiger partial charge in [-0.1, -0.05) is 6.07 Å². The highest BCUT2D eigenvalue weighted by atomic mass is 32.1. The first-order chi connectivity index (χ1) is 10.6. The highest BCUT2D eigenvalue weighted by Crippen LogP contribution is 2.27. The van der Waals surface area contributed by atoms with E-state index < -0.39 is 5.97 Å². The quantitative estimate of drug-likeness (QED) is 0.768. The van der Waals surface area contributed by atoms with Crippen LogP contribution in [0.4, 0.5) is 10.9 Å². The van der Waals surface area contributed by atoms with E-state index >= 15 is 0 Å². The Morgan fingerprint density at radius 1 is 1.32 bits per heavy atom. The molecular weight excluding hydrogens is 300 g/mol. The van der Waals surface area contributed by atoms with Crippen LogP contribution in [-0.4, -0.2) is 26.0 Å². The summed E-state index contributed by atoms with van der Waals surface area (Å²) in [4.78, 5) is 23.6. The molecule has 0 bridgehead atoms. The number of carboxylic acids is 1. The molecule has 0 saturated carbocycles. The molecule has 6 nitrogen and oxygen atoms in total. The fourth-order valence-electron chi connectivity index (χ4n) is 2.00. The third kappa shape index (κ3) is 2.94. The predicted octanol–water partition coefficient (Wildman–Crippen LogP) is 3.35. The van der Waals surface area contributed by atoms with Gasteiger partial charge in [-0.25, -0.2) is 14.8 Å². The largest absolute Gasteiger partial charge is 0.478 e. The zero-order valence-corrected chi connectivity index (χ0v) is 12.5. The molecule has 22 heavy (non-hydrogen) atoms. The van der Waals surface area contributed by atoms with Crippen molar-refractivity contribution in [3.63, 3.8) is 0 Å². The number of aryl methyl sites for hydroxylation is 1. The number of carboxylic acid groups (broad SMARTS) is 1. The molecule has 0 saturated heterocycles. The topological polar surface area (TPSA) is 88.0 Å². The monoisotopic (exact) mass is 312 g/mol. The lowest BCUT2D eigenvalue weighted by molar-refractivity contribution is 0.0696. The van der Waals surface area contributed by atoms with Crippen molar-refractivity contribution >= 4 is 28.3 Å². The van der Waals surface area contributed by atoms with Gasteiger partial charge in [0, 0.05) is 23.3 Å². The zero-order chi connectivity index (χ0) is 15.5. The molecule has 1 aromatic carbocycles. The maximum atomic E-state index is 11.0. The van der Waals surface area contributed by atoms with E-state index in [0.29, 0.717) is 22.1 Å². The van der Waals surface area contributed by atoms with E-state index in [0.717, 1.165) is 11.3 Å². The van der Waals surface area contributed by atoms with Crippen molar-refractivity contribution in [2.45, 2.75) is 6.92 Å². The van der Waals surface area contributed by atoms with Crippen LogP contribution < -0.4 is 5.32 Å². The number of hydrogen-bond donors (Lipinski definition) is 2. The second-order valence-electron chi connectivity index (χ2n) is 4.59. The molecule has 0 aliphatic rings. The van der Waals surface area contributed by atoms with Crippen LogP contribution >= 0.6 is 11.3 Å². The van der Waals surface area contributed by atoms with Crippen LogP contribution in [-0.2, 0) is 0 Å². The van der Waals surface area contributed by atoms with Gasteiger partial charge in [0.15, 0.2) is 10.9 Å². The van der Waals surface area contributed by atoms with Crippen molar-refractivity contribution in [1.82, 2.24) is 15.0 Å². The summed E-state index contributed by atoms with van der Waals surface area (Å²) in [5.41, 5.74) is 2.68. The summed E-state index contributed by atoms with van der Waals surface area (Å²) in [6.45, 7) is 1.78. The predicted molar refractivity (Wildman–Crippen MR) is 84.6 cm³/mol. The maximum Gasteiger partial charge on any atom is 0.335 e. The summed E-state index contributed by atoms with van der Waals surface area (Å²) in [5, 5.41) is 14.8. The molecule has 2 aromatic heterocycles. The van der Waals surface area contributed by atoms with Gasteiger partial charge in [-0.2, -0.15) is 0 Å². The molecule has 0 aliphatic carbocycles. The van der Waals surface area contributed by atoms with Gasteiger partial charge in [0.2, 0.25) is 0 Å². The van der Waals surface area contributed by atoms with Gasteiger partial charge in [0.1, 0.15) is 0 Å². The van der Waals surface area contributed by atoms with Crippen LogP contribution in [0.15, 0.2) is 42.2 Å². The molecule has 110 valence electrons. The van der Waals surface area contributed by atoms with Crippen molar-refractivity contribution in [2.75, 3.05) is 5.32 Å². The lowest BCUT2D eigenvalue weighted by atomic mass is 10.0. The summed E-state index contributed by atoms with van der Waals surface area (Å²) in [6.07, 6.45) is 4.82. The van der Waals surface area contributed by atoms with Gasteiger partial charge in [0.25, 0.3) is 0 Å². The molecule has 0 amide bonds. The van der Waals surface area contributed by atoms with Crippen molar-refractivity contribution in [2.24, 2.45) is 0 Å². The number of rotatable bonds is 4. The smallest absolute Gasteiger partial charge is 0.335 e. The van der Waals surface area contributed by atoms with Crippen LogP contribution in [0.2, 0.25) is 0 Å². The molecule has 3 aromatic rings. The summed E-state index contributed by atoms with van der Waals surface area (Å²) in [7, 11) is 0. The van der Waals surface area contributed by atoms with Gasteiger partial charge >= 0.3 is 5.97 Å². The molecule has 7 heteroatoms. The van der Waals surface area contributed by atoms with Gasteiger partial charge in [-0.15, -0.1) is 11.3 Å². The molecule has 2 heterocycles. The van der Waals surface area contributed by atoms with Crippen LogP contribution in [0.1, 0.15) is 15.9 Å². The van der Waals surface area contributed by atoms with E-state index in [9.17, 15) is 4.79 Å². The third-order valence-corrected chi connectivity index (χ3v) is 3.81. The van der Waals surface area contributed by atoms with Gasteiger partial charge in [-0.3, -0.25) is 4.98 Å². The maximum absolute atomic E-state index is 11.0. The molecule has 0 atom stereocenters. The average molecular weight is 312 g/mol. The molecule has 0 aliphatic heterocycles. The molecule has 0 fully saturated rings. The Morgan fingerprint density at radius 3 is 2.86 bits per heavy atom. The normalized spacial score (nSPS) is 10.4. The van der Waals surface area contributed by atoms with Crippen LogP contribution in [0.3, 0.4) is 0 Å². The van der Waals surface area contributed by atoms with E-state index in [2.05, 4.69) is 20.3 Å². The lowest BCUT2D eigenvalue weighted by Crippen LogP contribution is -1.99. The van der Waals surface area contributed by atoms with Crippen LogP contribution in [0.5, 0.6) is 0 Å². The molecule has 0 unspecified atom stereocenters. The number of nitrogens with zero attached hydrogens (tertiary/aromatic N) is 3. The average Bonchev–Trinajstić information content (AvgIpc) is 2.96. The van der Waals surface area contributed by atoms with E-state index in [1.165, 1.54) is 11.3 Å². The summed E-state index contributed by atoms with van der Waals surface area (Å²) in [5.74, 6) is -0.298. The number of benzene rings is 1.